The van der Waals surface area contributed by atoms with Gasteiger partial charge in [-0.3, -0.25) is 4.98 Å². The molecule has 0 aliphatic rings. The van der Waals surface area contributed by atoms with E-state index in [0.29, 0.717) is 0 Å². The van der Waals surface area contributed by atoms with E-state index in [0.717, 1.165) is 16.3 Å². The summed E-state index contributed by atoms with van der Waals surface area (Å²) in [7, 11) is 0. The Morgan fingerprint density at radius 2 is 2.27 bits per heavy atom. The summed E-state index contributed by atoms with van der Waals surface area (Å²) in [5.41, 5.74) is 0.941. The lowest BCUT2D eigenvalue weighted by Crippen LogP contribution is -1.92. The van der Waals surface area contributed by atoms with Crippen molar-refractivity contribution < 1.29 is 4.55 Å². The lowest BCUT2D eigenvalue weighted by atomic mass is 10.1. The van der Waals surface area contributed by atoms with Crippen molar-refractivity contribution in [1.82, 2.24) is 4.98 Å². The summed E-state index contributed by atoms with van der Waals surface area (Å²) in [5, 5.41) is 2.13. The largest absolute Gasteiger partial charge is 0.592 e. The monoisotopic (exact) mass is 218 g/mol. The Labute approximate surface area is 91.2 Å². The molecule has 2 rings (SSSR count). The molecule has 0 N–H and O–H groups in total. The van der Waals surface area contributed by atoms with Gasteiger partial charge in [-0.05, 0) is 11.5 Å². The van der Waals surface area contributed by atoms with Gasteiger partial charge in [-0.15, -0.1) is 0 Å². The molecule has 76 valence electrons. The average Bonchev–Trinajstić information content (AvgIpc) is 2.26. The van der Waals surface area contributed by atoms with Crippen LogP contribution in [-0.2, 0) is 11.4 Å². The van der Waals surface area contributed by atoms with Gasteiger partial charge in [0, 0.05) is 23.3 Å². The second kappa shape index (κ2) is 4.42. The smallest absolute Gasteiger partial charge is 0.123 e. The number of aromatic nitrogens is 1. The zero-order chi connectivity index (χ0) is 10.7. The second-order valence-corrected chi connectivity index (χ2v) is 4.16. The van der Waals surface area contributed by atoms with Crippen LogP contribution in [0.5, 0.6) is 0 Å². The lowest BCUT2D eigenvalue weighted by Gasteiger charge is -2.00. The highest BCUT2D eigenvalue weighted by atomic mass is 32.2. The van der Waals surface area contributed by atoms with Crippen LogP contribution < -0.4 is 0 Å². The van der Waals surface area contributed by atoms with Crippen LogP contribution in [0.25, 0.3) is 10.8 Å². The Morgan fingerprint density at radius 1 is 1.40 bits per heavy atom. The normalized spacial score (nSPS) is 13.5. The van der Waals surface area contributed by atoms with Crippen molar-refractivity contribution in [3.63, 3.8) is 0 Å². The molecule has 1 unspecified atom stereocenters. The summed E-state index contributed by atoms with van der Waals surface area (Å²) >= 11 is -1.16. The van der Waals surface area contributed by atoms with Crippen molar-refractivity contribution in [2.45, 2.75) is 0 Å². The van der Waals surface area contributed by atoms with Gasteiger partial charge in [-0.2, -0.15) is 0 Å². The van der Waals surface area contributed by atoms with Gasteiger partial charge in [0.2, 0.25) is 0 Å². The predicted octanol–water partition coefficient (Wildman–Crippen LogP) is 1.95. The third-order valence-corrected chi connectivity index (χ3v) is 2.46. The molecule has 0 saturated carbocycles. The Morgan fingerprint density at radius 3 is 3.07 bits per heavy atom. The number of pyridine rings is 1. The summed E-state index contributed by atoms with van der Waals surface area (Å²) in [6, 6.07) is 7.83. The first kappa shape index (κ1) is 10.1. The quantitative estimate of drug-likeness (QED) is 0.571. The molecule has 1 atom stereocenters. The summed E-state index contributed by atoms with van der Waals surface area (Å²) in [5.74, 6) is 0. The molecule has 0 spiro atoms. The third kappa shape index (κ3) is 2.34. The van der Waals surface area contributed by atoms with Crippen molar-refractivity contribution in [2.75, 3.05) is 6.26 Å². The molecule has 1 aromatic heterocycles. The molecular weight excluding hydrogens is 208 g/mol. The van der Waals surface area contributed by atoms with Crippen LogP contribution in [0.4, 0.5) is 0 Å². The van der Waals surface area contributed by atoms with Crippen molar-refractivity contribution >= 4 is 28.3 Å². The Kier molecular flexibility index (Phi) is 2.99. The molecule has 15 heavy (non-hydrogen) atoms. The second-order valence-electron chi connectivity index (χ2n) is 3.10. The molecule has 3 nitrogen and oxygen atoms in total. The Hall–Kier alpha value is -1.39. The molecule has 0 radical (unpaired) electrons. The number of benzene rings is 1. The van der Waals surface area contributed by atoms with Crippen LogP contribution in [0.15, 0.2) is 41.1 Å². The van der Waals surface area contributed by atoms with Crippen LogP contribution >= 0.6 is 0 Å². The fraction of sp³-hybridized carbons (Fsp3) is 0.0909. The molecule has 0 bridgehead atoms. The number of rotatable bonds is 2. The topological polar surface area (TPSA) is 48.3 Å². The minimum Gasteiger partial charge on any atom is -0.592 e. The van der Waals surface area contributed by atoms with Crippen LogP contribution in [0, 0.1) is 0 Å². The molecule has 4 heteroatoms. The van der Waals surface area contributed by atoms with Gasteiger partial charge < -0.3 is 4.55 Å². The van der Waals surface area contributed by atoms with E-state index in [9.17, 15) is 4.55 Å². The van der Waals surface area contributed by atoms with E-state index >= 15 is 0 Å². The first-order chi connectivity index (χ1) is 7.27. The molecule has 2 aromatic rings. The van der Waals surface area contributed by atoms with Gasteiger partial charge in [0.1, 0.15) is 6.26 Å². The van der Waals surface area contributed by atoms with E-state index < -0.39 is 11.4 Å². The fourth-order valence-electron chi connectivity index (χ4n) is 1.38. The summed E-state index contributed by atoms with van der Waals surface area (Å²) in [6.07, 6.45) is 6.70. The highest BCUT2D eigenvalue weighted by Crippen LogP contribution is 2.15. The van der Waals surface area contributed by atoms with E-state index in [2.05, 4.69) is 9.38 Å². The first-order valence-corrected chi connectivity index (χ1v) is 5.99. The van der Waals surface area contributed by atoms with Crippen LogP contribution in [0.2, 0.25) is 0 Å². The Balaban J connectivity index is 2.51. The highest BCUT2D eigenvalue weighted by Gasteiger charge is 1.98. The average molecular weight is 218 g/mol. The molecule has 0 saturated heterocycles. The lowest BCUT2D eigenvalue weighted by molar-refractivity contribution is 0.603. The number of fused-ring (bicyclic) bond motifs is 1. The van der Waals surface area contributed by atoms with Gasteiger partial charge in [-0.1, -0.05) is 22.6 Å². The summed E-state index contributed by atoms with van der Waals surface area (Å²) in [4.78, 5) is 4.06. The zero-order valence-corrected chi connectivity index (χ0v) is 9.07. The van der Waals surface area contributed by atoms with Gasteiger partial charge in [0.25, 0.3) is 0 Å². The number of hydrogen-bond donors (Lipinski definition) is 0. The van der Waals surface area contributed by atoms with E-state index in [-0.39, 0.29) is 0 Å². The van der Waals surface area contributed by atoms with Crippen molar-refractivity contribution in [3.8, 4) is 0 Å². The number of hydrogen-bond acceptors (Lipinski definition) is 3. The maximum Gasteiger partial charge on any atom is 0.123 e. The standard InChI is InChI=1S/C11H10N2OS/c1-15(14)13-7-10-4-2-3-9-5-6-12-8-11(9)10/h2-8H,1H3/b13-7+. The van der Waals surface area contributed by atoms with Gasteiger partial charge in [0.15, 0.2) is 0 Å². The van der Waals surface area contributed by atoms with Crippen LogP contribution in [0.3, 0.4) is 0 Å². The molecule has 0 aliphatic carbocycles. The Bertz CT molecular complexity index is 491. The molecular formula is C11H10N2OS. The maximum absolute atomic E-state index is 10.9. The zero-order valence-electron chi connectivity index (χ0n) is 8.25. The van der Waals surface area contributed by atoms with E-state index in [1.54, 1.807) is 24.9 Å². The minimum atomic E-state index is -1.16. The van der Waals surface area contributed by atoms with Gasteiger partial charge in [0.05, 0.1) is 17.6 Å². The van der Waals surface area contributed by atoms with Crippen molar-refractivity contribution in [3.05, 3.63) is 42.2 Å². The van der Waals surface area contributed by atoms with Crippen LogP contribution in [0.1, 0.15) is 5.56 Å². The molecule has 1 aromatic carbocycles. The molecule has 0 amide bonds. The molecule has 1 heterocycles. The fourth-order valence-corrected chi connectivity index (χ4v) is 1.64. The van der Waals surface area contributed by atoms with Crippen molar-refractivity contribution in [2.24, 2.45) is 4.40 Å². The van der Waals surface area contributed by atoms with Gasteiger partial charge >= 0.3 is 0 Å². The maximum atomic E-state index is 10.9. The van der Waals surface area contributed by atoms with E-state index in [1.807, 2.05) is 24.3 Å². The summed E-state index contributed by atoms with van der Waals surface area (Å²) < 4.78 is 14.7. The predicted molar refractivity (Wildman–Crippen MR) is 63.4 cm³/mol. The summed E-state index contributed by atoms with van der Waals surface area (Å²) in [6.45, 7) is 0. The van der Waals surface area contributed by atoms with E-state index in [4.69, 9.17) is 0 Å². The highest BCUT2D eigenvalue weighted by molar-refractivity contribution is 7.89. The van der Waals surface area contributed by atoms with Crippen LogP contribution in [-0.4, -0.2) is 22.0 Å². The SMILES string of the molecule is C[S+]([O-])/N=C/c1cccc2ccncc12. The third-order valence-electron chi connectivity index (χ3n) is 2.06. The first-order valence-electron chi connectivity index (χ1n) is 4.48. The number of nitrogens with zero attached hydrogens (tertiary/aromatic N) is 2. The van der Waals surface area contributed by atoms with E-state index in [1.165, 1.54) is 0 Å². The van der Waals surface area contributed by atoms with Gasteiger partial charge in [-0.25, -0.2) is 0 Å². The minimum absolute atomic E-state index is 0.941. The molecule has 0 aliphatic heterocycles. The molecule has 0 fully saturated rings. The van der Waals surface area contributed by atoms with Crippen molar-refractivity contribution in [1.29, 1.82) is 0 Å².